The van der Waals surface area contributed by atoms with E-state index in [0.29, 0.717) is 32.3 Å². The fraction of sp³-hybridized carbons (Fsp3) is 0. The zero-order chi connectivity index (χ0) is 21.3. The van der Waals surface area contributed by atoms with Gasteiger partial charge in [0.1, 0.15) is 0 Å². The molecule has 0 amide bonds. The number of benzene rings is 4. The second kappa shape index (κ2) is 10.5. The van der Waals surface area contributed by atoms with Crippen molar-refractivity contribution in [1.82, 2.24) is 0 Å². The third-order valence-electron chi connectivity index (χ3n) is 4.31. The highest BCUT2D eigenvalue weighted by Gasteiger charge is 2.11. The molecule has 4 heteroatoms. The molecular weight excluding hydrogens is 415 g/mol. The Kier molecular flexibility index (Phi) is 7.56. The number of carbonyl (C=O) groups is 2. The molecule has 0 radical (unpaired) electrons. The van der Waals surface area contributed by atoms with Crippen molar-refractivity contribution in [3.05, 3.63) is 141 Å². The molecule has 0 fully saturated rings. The Morgan fingerprint density at radius 3 is 1.07 bits per heavy atom. The summed E-state index contributed by atoms with van der Waals surface area (Å²) in [6.07, 6.45) is 0. The van der Waals surface area contributed by atoms with Crippen LogP contribution in [0, 0.1) is 0 Å². The molecule has 30 heavy (non-hydrogen) atoms. The highest BCUT2D eigenvalue weighted by atomic mass is 35.5. The second-order valence-electron chi connectivity index (χ2n) is 6.35. The second-order valence-corrected chi connectivity index (χ2v) is 7.16. The summed E-state index contributed by atoms with van der Waals surface area (Å²) in [5.41, 5.74) is 2.41. The van der Waals surface area contributed by atoms with Crippen molar-refractivity contribution in [2.75, 3.05) is 0 Å². The smallest absolute Gasteiger partial charge is 0.194 e. The first-order valence-corrected chi connectivity index (χ1v) is 10.0. The lowest BCUT2D eigenvalue weighted by molar-refractivity contribution is 0.103. The molecule has 0 unspecified atom stereocenters. The van der Waals surface area contributed by atoms with Crippen molar-refractivity contribution in [3.63, 3.8) is 0 Å². The van der Waals surface area contributed by atoms with Crippen LogP contribution >= 0.6 is 23.2 Å². The molecule has 4 aromatic carbocycles. The molecule has 148 valence electrons. The predicted octanol–water partition coefficient (Wildman–Crippen LogP) is 7.14. The number of carbonyl (C=O) groups excluding carboxylic acids is 2. The molecule has 0 atom stereocenters. The summed E-state index contributed by atoms with van der Waals surface area (Å²) in [6.45, 7) is 0. The first kappa shape index (κ1) is 21.5. The lowest BCUT2D eigenvalue weighted by Gasteiger charge is -2.02. The Hall–Kier alpha value is -3.20. The molecule has 4 rings (SSSR count). The van der Waals surface area contributed by atoms with Crippen molar-refractivity contribution < 1.29 is 9.59 Å². The number of halogens is 2. The summed E-state index contributed by atoms with van der Waals surface area (Å²) in [6, 6.07) is 32.4. The molecule has 0 aliphatic rings. The van der Waals surface area contributed by atoms with E-state index in [-0.39, 0.29) is 11.6 Å². The summed E-state index contributed by atoms with van der Waals surface area (Å²) in [5, 5.41) is 0.984. The number of hydrogen-bond acceptors (Lipinski definition) is 2. The van der Waals surface area contributed by atoms with Gasteiger partial charge in [-0.25, -0.2) is 0 Å². The van der Waals surface area contributed by atoms with Gasteiger partial charge in [-0.3, -0.25) is 9.59 Å². The molecule has 0 bridgehead atoms. The summed E-state index contributed by atoms with van der Waals surface area (Å²) in [4.78, 5) is 24.0. The number of hydrogen-bond donors (Lipinski definition) is 0. The SMILES string of the molecule is O=C(c1ccccc1)c1ccccc1Cl.O=C(c1ccccc1)c1ccccc1Cl. The largest absolute Gasteiger partial charge is 0.289 e. The lowest BCUT2D eigenvalue weighted by atomic mass is 10.0. The van der Waals surface area contributed by atoms with Crippen LogP contribution in [0.2, 0.25) is 10.0 Å². The minimum atomic E-state index is -0.0406. The van der Waals surface area contributed by atoms with Crippen LogP contribution in [0.25, 0.3) is 0 Å². The van der Waals surface area contributed by atoms with Crippen LogP contribution in [0.4, 0.5) is 0 Å². The molecule has 0 aromatic heterocycles. The first-order valence-electron chi connectivity index (χ1n) is 9.26. The summed E-state index contributed by atoms with van der Waals surface area (Å²) in [5.74, 6) is -0.0811. The molecule has 2 nitrogen and oxygen atoms in total. The highest BCUT2D eigenvalue weighted by molar-refractivity contribution is 6.35. The van der Waals surface area contributed by atoms with Gasteiger partial charge in [-0.05, 0) is 24.3 Å². The van der Waals surface area contributed by atoms with Crippen molar-refractivity contribution in [2.45, 2.75) is 0 Å². The fourth-order valence-corrected chi connectivity index (χ4v) is 3.22. The topological polar surface area (TPSA) is 34.1 Å². The van der Waals surface area contributed by atoms with Gasteiger partial charge in [-0.2, -0.15) is 0 Å². The molecule has 0 aliphatic carbocycles. The summed E-state index contributed by atoms with van der Waals surface area (Å²) in [7, 11) is 0. The number of ketones is 2. The molecule has 0 saturated carbocycles. The molecule has 0 spiro atoms. The molecule has 0 N–H and O–H groups in total. The van der Waals surface area contributed by atoms with Crippen LogP contribution in [0.5, 0.6) is 0 Å². The van der Waals surface area contributed by atoms with Crippen LogP contribution in [-0.2, 0) is 0 Å². The van der Waals surface area contributed by atoms with Gasteiger partial charge in [0.05, 0.1) is 10.0 Å². The Balaban J connectivity index is 0.000000171. The zero-order valence-electron chi connectivity index (χ0n) is 16.0. The van der Waals surface area contributed by atoms with Gasteiger partial charge in [-0.15, -0.1) is 0 Å². The lowest BCUT2D eigenvalue weighted by Crippen LogP contribution is -2.01. The number of rotatable bonds is 4. The minimum Gasteiger partial charge on any atom is -0.289 e. The normalized spacial score (nSPS) is 9.93. The van der Waals surface area contributed by atoms with Gasteiger partial charge < -0.3 is 0 Å². The Labute approximate surface area is 185 Å². The maximum absolute atomic E-state index is 12.0. The average Bonchev–Trinajstić information content (AvgIpc) is 2.80. The zero-order valence-corrected chi connectivity index (χ0v) is 17.5. The third kappa shape index (κ3) is 5.44. The van der Waals surface area contributed by atoms with Crippen molar-refractivity contribution in [1.29, 1.82) is 0 Å². The van der Waals surface area contributed by atoms with Crippen LogP contribution in [-0.4, -0.2) is 11.6 Å². The first-order chi connectivity index (χ1) is 14.6. The van der Waals surface area contributed by atoms with E-state index in [1.165, 1.54) is 0 Å². The molecule has 0 heterocycles. The Morgan fingerprint density at radius 2 is 0.733 bits per heavy atom. The van der Waals surface area contributed by atoms with Gasteiger partial charge in [-0.1, -0.05) is 108 Å². The maximum Gasteiger partial charge on any atom is 0.194 e. The summed E-state index contributed by atoms with van der Waals surface area (Å²) >= 11 is 11.9. The van der Waals surface area contributed by atoms with Gasteiger partial charge in [0.15, 0.2) is 11.6 Å². The van der Waals surface area contributed by atoms with E-state index in [1.54, 1.807) is 48.5 Å². The van der Waals surface area contributed by atoms with Crippen molar-refractivity contribution >= 4 is 34.8 Å². The van der Waals surface area contributed by atoms with Gasteiger partial charge >= 0.3 is 0 Å². The quantitative estimate of drug-likeness (QED) is 0.321. The van der Waals surface area contributed by atoms with Gasteiger partial charge in [0.25, 0.3) is 0 Å². The average molecular weight is 433 g/mol. The predicted molar refractivity (Wildman–Crippen MR) is 123 cm³/mol. The highest BCUT2D eigenvalue weighted by Crippen LogP contribution is 2.19. The van der Waals surface area contributed by atoms with Crippen LogP contribution < -0.4 is 0 Å². The van der Waals surface area contributed by atoms with E-state index >= 15 is 0 Å². The third-order valence-corrected chi connectivity index (χ3v) is 4.97. The molecular formula is C26H18Cl2O2. The fourth-order valence-electron chi connectivity index (χ4n) is 2.78. The van der Waals surface area contributed by atoms with Crippen LogP contribution in [0.15, 0.2) is 109 Å². The molecule has 4 aromatic rings. The van der Waals surface area contributed by atoms with E-state index in [0.717, 1.165) is 0 Å². The summed E-state index contributed by atoms with van der Waals surface area (Å²) < 4.78 is 0. The van der Waals surface area contributed by atoms with E-state index in [4.69, 9.17) is 23.2 Å². The van der Waals surface area contributed by atoms with Crippen LogP contribution in [0.3, 0.4) is 0 Å². The van der Waals surface area contributed by atoms with Gasteiger partial charge in [0, 0.05) is 22.3 Å². The van der Waals surface area contributed by atoms with Crippen LogP contribution in [0.1, 0.15) is 31.8 Å². The standard InChI is InChI=1S/2C13H9ClO/c2*14-12-9-5-4-8-11(12)13(15)10-6-2-1-3-7-10/h2*1-9H. The van der Waals surface area contributed by atoms with Crippen molar-refractivity contribution in [2.24, 2.45) is 0 Å². The Morgan fingerprint density at radius 1 is 0.433 bits per heavy atom. The van der Waals surface area contributed by atoms with E-state index < -0.39 is 0 Å². The monoisotopic (exact) mass is 432 g/mol. The maximum atomic E-state index is 12.0. The minimum absolute atomic E-state index is 0.0406. The van der Waals surface area contributed by atoms with Gasteiger partial charge in [0.2, 0.25) is 0 Å². The van der Waals surface area contributed by atoms with Crippen molar-refractivity contribution in [3.8, 4) is 0 Å². The molecule has 0 aliphatic heterocycles. The molecule has 0 saturated heterocycles. The van der Waals surface area contributed by atoms with E-state index in [9.17, 15) is 9.59 Å². The van der Waals surface area contributed by atoms with E-state index in [2.05, 4.69) is 0 Å². The van der Waals surface area contributed by atoms with E-state index in [1.807, 2.05) is 60.7 Å². The Bertz CT molecular complexity index is 1050.